The van der Waals surface area contributed by atoms with Gasteiger partial charge in [0.2, 0.25) is 11.8 Å². The minimum Gasteiger partial charge on any atom is -0.462 e. The molecule has 0 saturated carbocycles. The first-order valence-electron chi connectivity index (χ1n) is 30.3. The maximum atomic E-state index is 14.1. The number of carbonyl (C=O) groups is 6. The predicted molar refractivity (Wildman–Crippen MR) is 297 cm³/mol. The number of aliphatic hydroxyl groups excluding tert-OH is 4. The summed E-state index contributed by atoms with van der Waals surface area (Å²) in [5.41, 5.74) is 0. The van der Waals surface area contributed by atoms with Gasteiger partial charge in [-0.1, -0.05) is 164 Å². The Morgan fingerprint density at radius 2 is 1.05 bits per heavy atom. The van der Waals surface area contributed by atoms with Crippen LogP contribution in [0.5, 0.6) is 0 Å². The molecule has 0 aromatic heterocycles. The van der Waals surface area contributed by atoms with E-state index in [1.165, 1.54) is 38.5 Å². The van der Waals surface area contributed by atoms with Crippen LogP contribution in [0.1, 0.15) is 228 Å². The van der Waals surface area contributed by atoms with Crippen LogP contribution in [-0.4, -0.2) is 159 Å². The number of nitrogens with one attached hydrogen (secondary N) is 2. The Balaban J connectivity index is 2.51. The van der Waals surface area contributed by atoms with Crippen molar-refractivity contribution in [3.8, 4) is 0 Å². The highest BCUT2D eigenvalue weighted by Crippen LogP contribution is 2.42. The fourth-order valence-electron chi connectivity index (χ4n) is 9.75. The highest BCUT2D eigenvalue weighted by molar-refractivity contribution is 7.46. The SMILES string of the molecule is CCCCCCCCCCC[C@@H](O)CC(=O)O[C@@H]1C(NC(=O)C[C@H](C)CC)[C@@H](O)OC(CO[C@@H]2OC(CO)[C@@H](OP(=O)(O)O)[C@H](OC(=O)C[C@@H](CCCCCCCCCCC)OC(=O)CC)C2NC(=O)C[C@@H](CC)OC(=O)CC)[C@H]1O. The molecule has 4 unspecified atom stereocenters. The number of rotatable bonds is 44. The summed E-state index contributed by atoms with van der Waals surface area (Å²) in [5.74, 6) is -4.71. The van der Waals surface area contributed by atoms with Crippen LogP contribution in [0.3, 0.4) is 0 Å². The van der Waals surface area contributed by atoms with Crippen LogP contribution in [0, 0.1) is 5.92 Å². The van der Waals surface area contributed by atoms with Crippen LogP contribution in [0.25, 0.3) is 0 Å². The van der Waals surface area contributed by atoms with Crippen LogP contribution in [0.4, 0.5) is 0 Å². The Labute approximate surface area is 480 Å². The molecule has 23 nitrogen and oxygen atoms in total. The van der Waals surface area contributed by atoms with Crippen molar-refractivity contribution in [1.29, 1.82) is 0 Å². The van der Waals surface area contributed by atoms with Gasteiger partial charge in [-0.05, 0) is 31.6 Å². The van der Waals surface area contributed by atoms with Gasteiger partial charge in [-0.3, -0.25) is 33.3 Å². The summed E-state index contributed by atoms with van der Waals surface area (Å²) in [6.07, 6.45) is 0.549. The summed E-state index contributed by atoms with van der Waals surface area (Å²) in [6, 6.07) is -3.31. The topological polar surface area (TPSA) is 339 Å². The minimum atomic E-state index is -5.53. The highest BCUT2D eigenvalue weighted by atomic mass is 31.2. The molecule has 2 heterocycles. The number of carbonyl (C=O) groups excluding carboxylic acids is 6. The lowest BCUT2D eigenvalue weighted by atomic mass is 9.95. The number of aliphatic hydroxyl groups is 4. The van der Waals surface area contributed by atoms with Gasteiger partial charge in [0.1, 0.15) is 48.7 Å². The number of phosphoric ester groups is 1. The zero-order valence-corrected chi connectivity index (χ0v) is 50.4. The number of amides is 2. The summed E-state index contributed by atoms with van der Waals surface area (Å²) in [7, 11) is -5.53. The highest BCUT2D eigenvalue weighted by Gasteiger charge is 2.54. The summed E-state index contributed by atoms with van der Waals surface area (Å²) >= 11 is 0. The Bertz CT molecular complexity index is 1840. The van der Waals surface area contributed by atoms with E-state index in [9.17, 15) is 63.5 Å². The van der Waals surface area contributed by atoms with E-state index in [2.05, 4.69) is 24.5 Å². The third-order valence-electron chi connectivity index (χ3n) is 14.7. The summed E-state index contributed by atoms with van der Waals surface area (Å²) in [4.78, 5) is 100. The molecule has 2 saturated heterocycles. The molecule has 2 rings (SSSR count). The second-order valence-electron chi connectivity index (χ2n) is 21.8. The van der Waals surface area contributed by atoms with Crippen molar-refractivity contribution in [3.63, 3.8) is 0 Å². The molecule has 0 spiro atoms. The molecule has 0 aromatic rings. The van der Waals surface area contributed by atoms with Crippen LogP contribution in [0.2, 0.25) is 0 Å². The molecular weight excluding hydrogens is 1080 g/mol. The van der Waals surface area contributed by atoms with Gasteiger partial charge in [0.05, 0.1) is 38.6 Å². The molecule has 0 bridgehead atoms. The molecule has 81 heavy (non-hydrogen) atoms. The molecule has 0 aliphatic carbocycles. The van der Waals surface area contributed by atoms with Gasteiger partial charge >= 0.3 is 31.7 Å². The molecular formula is C57H103N2O21P. The Morgan fingerprint density at radius 3 is 1.57 bits per heavy atom. The molecule has 14 atom stereocenters. The first kappa shape index (κ1) is 73.8. The Kier molecular flexibility index (Phi) is 37.9. The van der Waals surface area contributed by atoms with Crippen molar-refractivity contribution < 1.29 is 101 Å². The summed E-state index contributed by atoms with van der Waals surface area (Å²) < 4.78 is 58.4. The van der Waals surface area contributed by atoms with Crippen molar-refractivity contribution in [2.24, 2.45) is 5.92 Å². The van der Waals surface area contributed by atoms with Crippen molar-refractivity contribution in [3.05, 3.63) is 0 Å². The largest absolute Gasteiger partial charge is 0.470 e. The van der Waals surface area contributed by atoms with Crippen molar-refractivity contribution >= 4 is 43.5 Å². The summed E-state index contributed by atoms with van der Waals surface area (Å²) in [5, 5.41) is 50.1. The summed E-state index contributed by atoms with van der Waals surface area (Å²) in [6.45, 7) is 11.0. The number of phosphoric acid groups is 1. The quantitative estimate of drug-likeness (QED) is 0.0133. The van der Waals surface area contributed by atoms with E-state index in [4.69, 9.17) is 37.7 Å². The van der Waals surface area contributed by atoms with Gasteiger partial charge in [0.15, 0.2) is 24.8 Å². The second kappa shape index (κ2) is 41.6. The van der Waals surface area contributed by atoms with Crippen LogP contribution in [0.15, 0.2) is 0 Å². The maximum Gasteiger partial charge on any atom is 0.470 e. The monoisotopic (exact) mass is 1180 g/mol. The van der Waals surface area contributed by atoms with E-state index in [1.54, 1.807) is 20.8 Å². The molecule has 472 valence electrons. The number of unbranched alkanes of at least 4 members (excludes halogenated alkanes) is 16. The third-order valence-corrected chi connectivity index (χ3v) is 15.3. The van der Waals surface area contributed by atoms with Gasteiger partial charge in [-0.15, -0.1) is 0 Å². The van der Waals surface area contributed by atoms with E-state index in [-0.39, 0.29) is 38.0 Å². The zero-order chi connectivity index (χ0) is 60.3. The van der Waals surface area contributed by atoms with Crippen molar-refractivity contribution in [2.45, 2.75) is 308 Å². The molecule has 2 aliphatic heterocycles. The van der Waals surface area contributed by atoms with E-state index in [0.717, 1.165) is 64.2 Å². The maximum absolute atomic E-state index is 14.1. The number of ether oxygens (including phenoxy) is 7. The molecule has 0 aromatic carbocycles. The average molecular weight is 1180 g/mol. The van der Waals surface area contributed by atoms with Crippen molar-refractivity contribution in [1.82, 2.24) is 10.6 Å². The minimum absolute atomic E-state index is 0.00344. The predicted octanol–water partition coefficient (Wildman–Crippen LogP) is 6.93. The Morgan fingerprint density at radius 1 is 0.556 bits per heavy atom. The molecule has 24 heteroatoms. The lowest BCUT2D eigenvalue weighted by Crippen LogP contribution is -2.68. The van der Waals surface area contributed by atoms with E-state index < -0.39 is 156 Å². The fourth-order valence-corrected chi connectivity index (χ4v) is 10.3. The first-order chi connectivity index (χ1) is 38.6. The average Bonchev–Trinajstić information content (AvgIpc) is 3.57. The van der Waals surface area contributed by atoms with E-state index in [1.807, 2.05) is 13.8 Å². The Hall–Kier alpha value is -3.35. The van der Waals surface area contributed by atoms with Crippen LogP contribution < -0.4 is 10.6 Å². The van der Waals surface area contributed by atoms with Gasteiger partial charge in [0.25, 0.3) is 0 Å². The van der Waals surface area contributed by atoms with Gasteiger partial charge in [-0.2, -0.15) is 0 Å². The molecule has 0 radical (unpaired) electrons. The zero-order valence-electron chi connectivity index (χ0n) is 49.6. The molecule has 2 fully saturated rings. The molecule has 8 N–H and O–H groups in total. The number of hydrogen-bond acceptors (Lipinski definition) is 19. The van der Waals surface area contributed by atoms with Gasteiger partial charge < -0.3 is 74.0 Å². The third kappa shape index (κ3) is 30.3. The lowest BCUT2D eigenvalue weighted by Gasteiger charge is -2.46. The normalized spacial score (nSPS) is 24.5. The second-order valence-corrected chi connectivity index (χ2v) is 23.0. The first-order valence-corrected chi connectivity index (χ1v) is 31.8. The van der Waals surface area contributed by atoms with Crippen LogP contribution >= 0.6 is 7.82 Å². The number of esters is 4. The van der Waals surface area contributed by atoms with Crippen molar-refractivity contribution in [2.75, 3.05) is 13.2 Å². The molecule has 2 aliphatic rings. The fraction of sp³-hybridized carbons (Fsp3) is 0.895. The standard InChI is InChI=1S/C57H103N2O21P/c1-8-14-16-18-20-22-24-26-28-30-39(61)33-48(66)78-54-50(58-44(62)32-38(7)10-3)56(69)76-43(52(54)68)37-73-57-51(59-45(63)34-40(11-4)74-46(64)12-5)55(53(42(36-60)77-57)80-81(70,71)72)79-49(67)35-41(75-47(65)13-6)31-29-27-25-23-21-19-17-15-9-2/h38-43,50-57,60-61,68-69H,8-37H2,1-7H3,(H,58,62)(H,59,63)(H2,70,71,72)/t38-,39-,40-,41-,42?,43?,50?,51?,52-,53-,54-,55-,56+,57-/m1/s1. The molecule has 2 amide bonds. The lowest BCUT2D eigenvalue weighted by molar-refractivity contribution is -0.298. The smallest absolute Gasteiger partial charge is 0.462 e. The number of hydrogen-bond donors (Lipinski definition) is 8. The van der Waals surface area contributed by atoms with Crippen LogP contribution in [-0.2, 0) is 71.0 Å². The van der Waals surface area contributed by atoms with E-state index >= 15 is 0 Å². The van der Waals surface area contributed by atoms with Gasteiger partial charge in [0, 0.05) is 19.3 Å². The van der Waals surface area contributed by atoms with Gasteiger partial charge in [-0.25, -0.2) is 4.57 Å². The van der Waals surface area contributed by atoms with E-state index in [0.29, 0.717) is 25.7 Å².